The van der Waals surface area contributed by atoms with E-state index in [1.54, 1.807) is 7.11 Å². The van der Waals surface area contributed by atoms with Crippen molar-refractivity contribution >= 4 is 5.97 Å². The highest BCUT2D eigenvalue weighted by Gasteiger charge is 2.54. The minimum absolute atomic E-state index is 0.287. The van der Waals surface area contributed by atoms with Crippen LogP contribution in [0.2, 0.25) is 0 Å². The zero-order valence-corrected chi connectivity index (χ0v) is 15.1. The van der Waals surface area contributed by atoms with E-state index in [1.165, 1.54) is 0 Å². The first kappa shape index (κ1) is 17.1. The van der Waals surface area contributed by atoms with Gasteiger partial charge in [-0.15, -0.1) is 0 Å². The standard InChI is InChI=1S/C22H25NO3/c1-26-20-12-17(16-6-3-2-4-7-16)9-10-18(20)13-23-14-19-8-5-11-22(19,15-23)21(24)25/h2-4,6-7,9-10,12,19H,5,8,11,13-15H2,1H3,(H,24,25)/t19-,22+/m0/s1. The number of hydrogen-bond donors (Lipinski definition) is 1. The number of likely N-dealkylation sites (tertiary alicyclic amines) is 1. The van der Waals surface area contributed by atoms with Gasteiger partial charge >= 0.3 is 5.97 Å². The van der Waals surface area contributed by atoms with E-state index in [0.717, 1.165) is 54.8 Å². The van der Waals surface area contributed by atoms with Gasteiger partial charge in [0.25, 0.3) is 0 Å². The molecule has 4 nitrogen and oxygen atoms in total. The van der Waals surface area contributed by atoms with E-state index in [2.05, 4.69) is 35.2 Å². The van der Waals surface area contributed by atoms with Crippen molar-refractivity contribution in [2.24, 2.45) is 11.3 Å². The summed E-state index contributed by atoms with van der Waals surface area (Å²) < 4.78 is 5.64. The number of benzene rings is 2. The number of carbonyl (C=O) groups is 1. The maximum Gasteiger partial charge on any atom is 0.311 e. The van der Waals surface area contributed by atoms with E-state index >= 15 is 0 Å². The van der Waals surface area contributed by atoms with Crippen LogP contribution < -0.4 is 4.74 Å². The van der Waals surface area contributed by atoms with Gasteiger partial charge < -0.3 is 9.84 Å². The number of methoxy groups -OCH3 is 1. The zero-order chi connectivity index (χ0) is 18.1. The van der Waals surface area contributed by atoms with Gasteiger partial charge in [0.2, 0.25) is 0 Å². The molecule has 136 valence electrons. The minimum atomic E-state index is -0.617. The molecule has 1 aliphatic carbocycles. The average Bonchev–Trinajstić information content (AvgIpc) is 3.21. The molecule has 0 unspecified atom stereocenters. The van der Waals surface area contributed by atoms with Gasteiger partial charge in [0.1, 0.15) is 5.75 Å². The van der Waals surface area contributed by atoms with Crippen molar-refractivity contribution in [2.45, 2.75) is 25.8 Å². The van der Waals surface area contributed by atoms with Gasteiger partial charge in [-0.05, 0) is 36.0 Å². The molecule has 4 rings (SSSR count). The van der Waals surface area contributed by atoms with E-state index in [0.29, 0.717) is 6.54 Å². The Morgan fingerprint density at radius 2 is 2.04 bits per heavy atom. The van der Waals surface area contributed by atoms with Gasteiger partial charge in [-0.25, -0.2) is 0 Å². The third-order valence-corrected chi connectivity index (χ3v) is 6.16. The molecular formula is C22H25NO3. The summed E-state index contributed by atoms with van der Waals surface area (Å²) in [5, 5.41) is 9.77. The summed E-state index contributed by atoms with van der Waals surface area (Å²) in [6.07, 6.45) is 2.89. The molecular weight excluding hydrogens is 326 g/mol. The van der Waals surface area contributed by atoms with Crippen molar-refractivity contribution < 1.29 is 14.6 Å². The highest BCUT2D eigenvalue weighted by Crippen LogP contribution is 2.49. The maximum absolute atomic E-state index is 11.9. The van der Waals surface area contributed by atoms with Crippen LogP contribution in [0.3, 0.4) is 0 Å². The smallest absolute Gasteiger partial charge is 0.311 e. The van der Waals surface area contributed by atoms with Crippen molar-refractivity contribution in [3.8, 4) is 16.9 Å². The second-order valence-corrected chi connectivity index (χ2v) is 7.61. The van der Waals surface area contributed by atoms with Crippen LogP contribution >= 0.6 is 0 Å². The van der Waals surface area contributed by atoms with E-state index in [-0.39, 0.29) is 5.92 Å². The second kappa shape index (κ2) is 6.76. The normalized spacial score (nSPS) is 25.2. The first-order valence-electron chi connectivity index (χ1n) is 9.30. The molecule has 1 heterocycles. The molecule has 4 heteroatoms. The van der Waals surface area contributed by atoms with E-state index in [1.807, 2.05) is 18.2 Å². The molecule has 2 atom stereocenters. The van der Waals surface area contributed by atoms with Gasteiger partial charge in [-0.2, -0.15) is 0 Å². The number of nitrogens with zero attached hydrogens (tertiary/aromatic N) is 1. The van der Waals surface area contributed by atoms with E-state index < -0.39 is 11.4 Å². The maximum atomic E-state index is 11.9. The van der Waals surface area contributed by atoms with Gasteiger partial charge in [-0.1, -0.05) is 48.9 Å². The number of carboxylic acid groups (broad SMARTS) is 1. The van der Waals surface area contributed by atoms with Crippen LogP contribution in [0.1, 0.15) is 24.8 Å². The molecule has 2 aliphatic rings. The molecule has 1 saturated carbocycles. The average molecular weight is 351 g/mol. The van der Waals surface area contributed by atoms with Gasteiger partial charge in [-0.3, -0.25) is 9.69 Å². The summed E-state index contributed by atoms with van der Waals surface area (Å²) in [5.41, 5.74) is 2.88. The molecule has 1 aliphatic heterocycles. The summed E-state index contributed by atoms with van der Waals surface area (Å²) in [6.45, 7) is 2.26. The summed E-state index contributed by atoms with van der Waals surface area (Å²) in [6, 6.07) is 16.6. The molecule has 2 aromatic carbocycles. The van der Waals surface area contributed by atoms with Crippen LogP contribution in [0, 0.1) is 11.3 Å². The van der Waals surface area contributed by atoms with Crippen molar-refractivity contribution in [3.05, 3.63) is 54.1 Å². The van der Waals surface area contributed by atoms with Crippen LogP contribution in [0.25, 0.3) is 11.1 Å². The Balaban J connectivity index is 1.55. The van der Waals surface area contributed by atoms with Crippen LogP contribution in [-0.4, -0.2) is 36.2 Å². The Morgan fingerprint density at radius 1 is 1.23 bits per heavy atom. The summed E-state index contributed by atoms with van der Waals surface area (Å²) in [7, 11) is 1.70. The fourth-order valence-corrected chi connectivity index (χ4v) is 4.79. The van der Waals surface area contributed by atoms with Crippen molar-refractivity contribution in [3.63, 3.8) is 0 Å². The highest BCUT2D eigenvalue weighted by molar-refractivity contribution is 5.76. The molecule has 26 heavy (non-hydrogen) atoms. The Kier molecular flexibility index (Phi) is 4.45. The third kappa shape index (κ3) is 2.88. The number of hydrogen-bond acceptors (Lipinski definition) is 3. The summed E-state index contributed by atoms with van der Waals surface area (Å²) in [4.78, 5) is 14.2. The lowest BCUT2D eigenvalue weighted by Crippen LogP contribution is -2.35. The Bertz CT molecular complexity index is 804. The third-order valence-electron chi connectivity index (χ3n) is 6.16. The quantitative estimate of drug-likeness (QED) is 0.883. The molecule has 0 aromatic heterocycles. The lowest BCUT2D eigenvalue weighted by atomic mass is 9.81. The van der Waals surface area contributed by atoms with E-state index in [4.69, 9.17) is 4.74 Å². The van der Waals surface area contributed by atoms with Crippen LogP contribution in [0.4, 0.5) is 0 Å². The van der Waals surface area contributed by atoms with Gasteiger partial charge in [0.15, 0.2) is 0 Å². The molecule has 0 radical (unpaired) electrons. The number of carboxylic acids is 1. The molecule has 2 aromatic rings. The molecule has 0 bridgehead atoms. The first-order chi connectivity index (χ1) is 12.6. The SMILES string of the molecule is COc1cc(-c2ccccc2)ccc1CN1C[C@@H]2CCC[C@@]2(C(=O)O)C1. The molecule has 0 spiro atoms. The monoisotopic (exact) mass is 351 g/mol. The Labute approximate surface area is 154 Å². The topological polar surface area (TPSA) is 49.8 Å². The number of rotatable bonds is 5. The van der Waals surface area contributed by atoms with Crippen molar-refractivity contribution in [2.75, 3.05) is 20.2 Å². The highest BCUT2D eigenvalue weighted by atomic mass is 16.5. The van der Waals surface area contributed by atoms with Crippen molar-refractivity contribution in [1.29, 1.82) is 0 Å². The molecule has 0 amide bonds. The number of aliphatic carboxylic acids is 1. The fourth-order valence-electron chi connectivity index (χ4n) is 4.79. The van der Waals surface area contributed by atoms with Crippen LogP contribution in [0.5, 0.6) is 5.75 Å². The lowest BCUT2D eigenvalue weighted by molar-refractivity contribution is -0.149. The predicted octanol–water partition coefficient (Wildman–Crippen LogP) is 4.05. The van der Waals surface area contributed by atoms with Gasteiger partial charge in [0.05, 0.1) is 12.5 Å². The molecule has 2 fully saturated rings. The largest absolute Gasteiger partial charge is 0.496 e. The Hall–Kier alpha value is -2.33. The molecule has 1 saturated heterocycles. The lowest BCUT2D eigenvalue weighted by Gasteiger charge is -2.24. The first-order valence-corrected chi connectivity index (χ1v) is 9.30. The van der Waals surface area contributed by atoms with Crippen molar-refractivity contribution in [1.82, 2.24) is 4.90 Å². The van der Waals surface area contributed by atoms with Crippen LogP contribution in [0.15, 0.2) is 48.5 Å². The van der Waals surface area contributed by atoms with E-state index in [9.17, 15) is 9.90 Å². The minimum Gasteiger partial charge on any atom is -0.496 e. The fraction of sp³-hybridized carbons (Fsp3) is 0.409. The van der Waals surface area contributed by atoms with Gasteiger partial charge in [0, 0.05) is 25.2 Å². The van der Waals surface area contributed by atoms with Crippen LogP contribution in [-0.2, 0) is 11.3 Å². The predicted molar refractivity (Wildman–Crippen MR) is 101 cm³/mol. The summed E-state index contributed by atoms with van der Waals surface area (Å²) in [5.74, 6) is 0.538. The Morgan fingerprint density at radius 3 is 2.73 bits per heavy atom. The summed E-state index contributed by atoms with van der Waals surface area (Å²) >= 11 is 0. The second-order valence-electron chi connectivity index (χ2n) is 7.61. The zero-order valence-electron chi connectivity index (χ0n) is 15.1. The number of ether oxygens (including phenoxy) is 1. The number of fused-ring (bicyclic) bond motifs is 1. The molecule has 1 N–H and O–H groups in total.